The van der Waals surface area contributed by atoms with Gasteiger partial charge in [0.25, 0.3) is 0 Å². The molecule has 1 aliphatic heterocycles. The number of halogens is 2. The molecule has 0 N–H and O–H groups in total. The normalized spacial score (nSPS) is 16.2. The van der Waals surface area contributed by atoms with Crippen LogP contribution in [0.15, 0.2) is 10.8 Å². The third-order valence-electron chi connectivity index (χ3n) is 2.75. The van der Waals surface area contributed by atoms with Crippen molar-refractivity contribution < 1.29 is 4.79 Å². The van der Waals surface area contributed by atoms with Crippen LogP contribution in [0.1, 0.15) is 6.92 Å². The fourth-order valence-corrected chi connectivity index (χ4v) is 2.38. The summed E-state index contributed by atoms with van der Waals surface area (Å²) in [4.78, 5) is 23.2. The maximum atomic E-state index is 11.2. The lowest BCUT2D eigenvalue weighted by Crippen LogP contribution is -2.48. The van der Waals surface area contributed by atoms with Crippen LogP contribution in [0.25, 0.3) is 0 Å². The Kier molecular flexibility index (Phi) is 3.83. The van der Waals surface area contributed by atoms with Crippen molar-refractivity contribution in [3.05, 3.63) is 16.0 Å². The molecule has 0 saturated carbocycles. The smallest absolute Gasteiger partial charge is 0.219 e. The monoisotopic (exact) mass is 318 g/mol. The van der Waals surface area contributed by atoms with Gasteiger partial charge in [0.15, 0.2) is 0 Å². The predicted octanol–water partition coefficient (Wildman–Crippen LogP) is 1.56. The molecule has 2 heterocycles. The van der Waals surface area contributed by atoms with Gasteiger partial charge in [-0.05, 0) is 15.9 Å². The molecule has 0 bridgehead atoms. The Morgan fingerprint density at radius 2 is 2.00 bits per heavy atom. The van der Waals surface area contributed by atoms with Crippen LogP contribution >= 0.6 is 27.5 Å². The molecule has 7 heteroatoms. The minimum Gasteiger partial charge on any atom is -0.352 e. The number of amides is 1. The molecule has 1 amide bonds. The highest BCUT2D eigenvalue weighted by Crippen LogP contribution is 2.29. The molecule has 0 aromatic carbocycles. The van der Waals surface area contributed by atoms with Crippen molar-refractivity contribution in [2.24, 2.45) is 0 Å². The van der Waals surface area contributed by atoms with Crippen LogP contribution in [-0.4, -0.2) is 47.0 Å². The third-order valence-corrected chi connectivity index (χ3v) is 4.00. The Hall–Kier alpha value is -0.880. The molecular weight excluding hydrogens is 307 g/mol. The van der Waals surface area contributed by atoms with Gasteiger partial charge in [-0.25, -0.2) is 9.97 Å². The number of hydrogen-bond donors (Lipinski definition) is 0. The zero-order valence-corrected chi connectivity index (χ0v) is 11.7. The van der Waals surface area contributed by atoms with Gasteiger partial charge in [-0.2, -0.15) is 0 Å². The first-order chi connectivity index (χ1) is 8.09. The molecule has 1 aromatic rings. The van der Waals surface area contributed by atoms with Crippen molar-refractivity contribution in [2.45, 2.75) is 6.92 Å². The van der Waals surface area contributed by atoms with Crippen molar-refractivity contribution in [3.8, 4) is 0 Å². The molecule has 5 nitrogen and oxygen atoms in total. The minimum absolute atomic E-state index is 0.115. The van der Waals surface area contributed by atoms with E-state index < -0.39 is 0 Å². The molecular formula is C10H12BrClN4O. The molecule has 0 spiro atoms. The van der Waals surface area contributed by atoms with Gasteiger partial charge >= 0.3 is 0 Å². The van der Waals surface area contributed by atoms with E-state index >= 15 is 0 Å². The van der Waals surface area contributed by atoms with E-state index in [1.807, 2.05) is 4.90 Å². The Balaban J connectivity index is 2.10. The highest BCUT2D eigenvalue weighted by Gasteiger charge is 2.21. The predicted molar refractivity (Wildman–Crippen MR) is 69.2 cm³/mol. The Labute approximate surface area is 113 Å². The quantitative estimate of drug-likeness (QED) is 0.737. The number of anilines is 1. The van der Waals surface area contributed by atoms with Gasteiger partial charge in [0.1, 0.15) is 17.3 Å². The van der Waals surface area contributed by atoms with Crippen molar-refractivity contribution in [1.29, 1.82) is 0 Å². The molecule has 0 radical (unpaired) electrons. The summed E-state index contributed by atoms with van der Waals surface area (Å²) in [7, 11) is 0. The molecule has 1 aromatic heterocycles. The number of carbonyl (C=O) groups excluding carboxylic acids is 1. The van der Waals surface area contributed by atoms with Gasteiger partial charge in [0.05, 0.1) is 4.47 Å². The fraction of sp³-hybridized carbons (Fsp3) is 0.500. The second-order valence-electron chi connectivity index (χ2n) is 3.80. The Bertz CT molecular complexity index is 434. The summed E-state index contributed by atoms with van der Waals surface area (Å²) in [6.07, 6.45) is 1.44. The number of nitrogens with zero attached hydrogens (tertiary/aromatic N) is 4. The number of carbonyl (C=O) groups is 1. The topological polar surface area (TPSA) is 49.3 Å². The van der Waals surface area contributed by atoms with E-state index in [-0.39, 0.29) is 5.91 Å². The van der Waals surface area contributed by atoms with Crippen molar-refractivity contribution in [3.63, 3.8) is 0 Å². The van der Waals surface area contributed by atoms with E-state index in [1.165, 1.54) is 6.33 Å². The first-order valence-electron chi connectivity index (χ1n) is 5.26. The van der Waals surface area contributed by atoms with E-state index in [0.717, 1.165) is 18.9 Å². The molecule has 0 atom stereocenters. The van der Waals surface area contributed by atoms with Gasteiger partial charge in [0.2, 0.25) is 5.91 Å². The average molecular weight is 320 g/mol. The van der Waals surface area contributed by atoms with E-state index in [0.29, 0.717) is 22.7 Å². The van der Waals surface area contributed by atoms with Crippen LogP contribution in [0, 0.1) is 0 Å². The summed E-state index contributed by atoms with van der Waals surface area (Å²) in [5, 5.41) is 0.406. The molecule has 0 unspecified atom stereocenters. The van der Waals surface area contributed by atoms with Gasteiger partial charge in [-0.3, -0.25) is 4.79 Å². The van der Waals surface area contributed by atoms with Crippen molar-refractivity contribution in [1.82, 2.24) is 14.9 Å². The lowest BCUT2D eigenvalue weighted by molar-refractivity contribution is -0.129. The van der Waals surface area contributed by atoms with Crippen LogP contribution in [0.2, 0.25) is 5.15 Å². The van der Waals surface area contributed by atoms with Crippen molar-refractivity contribution >= 4 is 39.3 Å². The molecule has 1 fully saturated rings. The highest BCUT2D eigenvalue weighted by atomic mass is 79.9. The molecule has 0 aliphatic carbocycles. The lowest BCUT2D eigenvalue weighted by atomic mass is 10.3. The van der Waals surface area contributed by atoms with Crippen LogP contribution in [-0.2, 0) is 4.79 Å². The average Bonchev–Trinajstić information content (AvgIpc) is 2.33. The lowest BCUT2D eigenvalue weighted by Gasteiger charge is -2.35. The third kappa shape index (κ3) is 2.69. The number of rotatable bonds is 1. The number of aromatic nitrogens is 2. The van der Waals surface area contributed by atoms with E-state index in [2.05, 4.69) is 30.8 Å². The summed E-state index contributed by atoms with van der Waals surface area (Å²) in [6, 6.07) is 0. The Morgan fingerprint density at radius 3 is 2.59 bits per heavy atom. The minimum atomic E-state index is 0.115. The van der Waals surface area contributed by atoms with Gasteiger partial charge < -0.3 is 9.80 Å². The second kappa shape index (κ2) is 5.18. The Morgan fingerprint density at radius 1 is 1.35 bits per heavy atom. The van der Waals surface area contributed by atoms with Gasteiger partial charge in [0, 0.05) is 33.1 Å². The summed E-state index contributed by atoms with van der Waals surface area (Å²) in [5.41, 5.74) is 0. The molecule has 1 saturated heterocycles. The molecule has 2 rings (SSSR count). The van der Waals surface area contributed by atoms with Gasteiger partial charge in [-0.1, -0.05) is 11.6 Å². The maximum Gasteiger partial charge on any atom is 0.219 e. The molecule has 92 valence electrons. The van der Waals surface area contributed by atoms with E-state index in [9.17, 15) is 4.79 Å². The standard InChI is InChI=1S/C10H12BrClN4O/c1-7(17)15-2-4-16(5-3-15)10-8(11)9(12)13-6-14-10/h6H,2-5H2,1H3. The summed E-state index contributed by atoms with van der Waals surface area (Å²) < 4.78 is 0.706. The summed E-state index contributed by atoms with van der Waals surface area (Å²) in [5.74, 6) is 0.901. The zero-order valence-electron chi connectivity index (χ0n) is 9.36. The summed E-state index contributed by atoms with van der Waals surface area (Å²) in [6.45, 7) is 4.52. The summed E-state index contributed by atoms with van der Waals surface area (Å²) >= 11 is 9.30. The van der Waals surface area contributed by atoms with Crippen molar-refractivity contribution in [2.75, 3.05) is 31.1 Å². The van der Waals surface area contributed by atoms with Crippen LogP contribution < -0.4 is 4.90 Å². The zero-order chi connectivity index (χ0) is 12.4. The molecule has 1 aliphatic rings. The van der Waals surface area contributed by atoms with Crippen LogP contribution in [0.4, 0.5) is 5.82 Å². The number of hydrogen-bond acceptors (Lipinski definition) is 4. The van der Waals surface area contributed by atoms with E-state index in [1.54, 1.807) is 6.92 Å². The second-order valence-corrected chi connectivity index (χ2v) is 4.95. The fourth-order valence-electron chi connectivity index (χ4n) is 1.79. The first kappa shape index (κ1) is 12.6. The van der Waals surface area contributed by atoms with Crippen LogP contribution in [0.5, 0.6) is 0 Å². The number of piperazine rings is 1. The SMILES string of the molecule is CC(=O)N1CCN(c2ncnc(Cl)c2Br)CC1. The highest BCUT2D eigenvalue weighted by molar-refractivity contribution is 9.10. The van der Waals surface area contributed by atoms with E-state index in [4.69, 9.17) is 11.6 Å². The maximum absolute atomic E-state index is 11.2. The first-order valence-corrected chi connectivity index (χ1v) is 6.43. The molecule has 17 heavy (non-hydrogen) atoms. The largest absolute Gasteiger partial charge is 0.352 e. The van der Waals surface area contributed by atoms with Crippen LogP contribution in [0.3, 0.4) is 0 Å². The van der Waals surface area contributed by atoms with Gasteiger partial charge in [-0.15, -0.1) is 0 Å².